The first-order valence-corrected chi connectivity index (χ1v) is 9.96. The van der Waals surface area contributed by atoms with E-state index in [1.165, 1.54) is 5.56 Å². The van der Waals surface area contributed by atoms with E-state index in [2.05, 4.69) is 29.4 Å². The zero-order valence-electron chi connectivity index (χ0n) is 16.2. The topological polar surface area (TPSA) is 77.6 Å². The number of anilines is 1. The predicted octanol–water partition coefficient (Wildman–Crippen LogP) is 3.05. The van der Waals surface area contributed by atoms with Crippen molar-refractivity contribution >= 4 is 5.82 Å². The minimum absolute atomic E-state index is 0.0324. The van der Waals surface area contributed by atoms with Crippen LogP contribution >= 0.6 is 0 Å². The summed E-state index contributed by atoms with van der Waals surface area (Å²) in [5, 5.41) is 3.53. The Hall–Kier alpha value is -3.48. The molecular weight excluding hydrogens is 364 g/mol. The van der Waals surface area contributed by atoms with Crippen molar-refractivity contribution in [2.45, 2.75) is 38.9 Å². The zero-order chi connectivity index (χ0) is 19.8. The van der Waals surface area contributed by atoms with Crippen molar-refractivity contribution in [3.8, 4) is 22.9 Å². The van der Waals surface area contributed by atoms with Crippen LogP contribution in [0.5, 0.6) is 0 Å². The molecule has 3 aliphatic rings. The van der Waals surface area contributed by atoms with Gasteiger partial charge in [-0.25, -0.2) is 14.8 Å². The molecule has 5 rings (SSSR count). The number of aromatic nitrogens is 5. The largest absolute Gasteiger partial charge is 0.365 e. The Kier molecular flexibility index (Phi) is 4.35. The fourth-order valence-corrected chi connectivity index (χ4v) is 3.98. The standard InChI is InChI=1S/C22H22N6O/c1-2-11-27-21-18(25-19(26-21)16-9-6-10-23-13-16)20-24-17(14-28(20)22(27)29)12-15-7-4-3-5-8-15/h3-10,13,17,24H,2,11-12,14H2,1H3/t17-/m1/s1. The highest BCUT2D eigenvalue weighted by atomic mass is 16.1. The van der Waals surface area contributed by atoms with Crippen LogP contribution in [0.4, 0.5) is 5.82 Å². The van der Waals surface area contributed by atoms with E-state index in [1.807, 2.05) is 34.9 Å². The SMILES string of the molecule is CCCn1c2nc(-c3cccnc3)nc-2c2n(c1=O)C[C@@H](Cc1ccccc1)N2. The summed E-state index contributed by atoms with van der Waals surface area (Å²) in [4.78, 5) is 26.9. The highest BCUT2D eigenvalue weighted by Gasteiger charge is 2.31. The zero-order valence-corrected chi connectivity index (χ0v) is 16.2. The van der Waals surface area contributed by atoms with Crippen molar-refractivity contribution in [1.82, 2.24) is 24.1 Å². The average Bonchev–Trinajstić information content (AvgIpc) is 3.37. The molecule has 7 heteroatoms. The molecule has 3 aliphatic heterocycles. The van der Waals surface area contributed by atoms with Crippen LogP contribution in [0.25, 0.3) is 22.9 Å². The monoisotopic (exact) mass is 386 g/mol. The van der Waals surface area contributed by atoms with Crippen LogP contribution in [-0.2, 0) is 19.5 Å². The quantitative estimate of drug-likeness (QED) is 0.570. The lowest BCUT2D eigenvalue weighted by Crippen LogP contribution is -2.32. The van der Waals surface area contributed by atoms with Crippen LogP contribution in [0, 0.1) is 0 Å². The van der Waals surface area contributed by atoms with Crippen molar-refractivity contribution < 1.29 is 0 Å². The second kappa shape index (κ2) is 7.16. The van der Waals surface area contributed by atoms with Gasteiger partial charge >= 0.3 is 5.69 Å². The lowest BCUT2D eigenvalue weighted by atomic mass is 10.1. The van der Waals surface area contributed by atoms with Crippen LogP contribution in [0.15, 0.2) is 59.7 Å². The van der Waals surface area contributed by atoms with Crippen LogP contribution in [-0.4, -0.2) is 30.1 Å². The molecule has 0 aliphatic carbocycles. The van der Waals surface area contributed by atoms with Gasteiger partial charge in [0, 0.05) is 37.1 Å². The average molecular weight is 386 g/mol. The molecule has 2 aromatic rings. The highest BCUT2D eigenvalue weighted by molar-refractivity contribution is 5.73. The third-order valence-corrected chi connectivity index (χ3v) is 5.29. The number of pyridine rings is 1. The summed E-state index contributed by atoms with van der Waals surface area (Å²) >= 11 is 0. The molecule has 4 heterocycles. The molecule has 29 heavy (non-hydrogen) atoms. The van der Waals surface area contributed by atoms with Gasteiger partial charge in [0.1, 0.15) is 11.5 Å². The molecular formula is C22H22N6O. The van der Waals surface area contributed by atoms with E-state index in [0.29, 0.717) is 24.7 Å². The van der Waals surface area contributed by atoms with Crippen LogP contribution in [0.2, 0.25) is 0 Å². The molecule has 146 valence electrons. The van der Waals surface area contributed by atoms with E-state index < -0.39 is 0 Å². The maximum Gasteiger partial charge on any atom is 0.331 e. The van der Waals surface area contributed by atoms with Crippen molar-refractivity contribution in [3.63, 3.8) is 0 Å². The van der Waals surface area contributed by atoms with Crippen molar-refractivity contribution in [2.24, 2.45) is 0 Å². The summed E-state index contributed by atoms with van der Waals surface area (Å²) in [6, 6.07) is 14.3. The normalized spacial score (nSPS) is 15.4. The Morgan fingerprint density at radius 3 is 2.76 bits per heavy atom. The number of nitrogens with zero attached hydrogens (tertiary/aromatic N) is 5. The molecule has 7 nitrogen and oxygen atoms in total. The number of fused-ring (bicyclic) bond motifs is 3. The first kappa shape index (κ1) is 17.6. The van der Waals surface area contributed by atoms with Gasteiger partial charge in [-0.2, -0.15) is 0 Å². The molecule has 1 aromatic carbocycles. The summed E-state index contributed by atoms with van der Waals surface area (Å²) < 4.78 is 3.56. The number of nitrogens with one attached hydrogen (secondary N) is 1. The van der Waals surface area contributed by atoms with Gasteiger partial charge in [-0.15, -0.1) is 0 Å². The van der Waals surface area contributed by atoms with Crippen molar-refractivity contribution in [3.05, 3.63) is 70.9 Å². The van der Waals surface area contributed by atoms with Gasteiger partial charge in [0.2, 0.25) is 0 Å². The van der Waals surface area contributed by atoms with E-state index in [1.54, 1.807) is 17.0 Å². The summed E-state index contributed by atoms with van der Waals surface area (Å²) in [5.41, 5.74) is 2.80. The number of imidazole rings is 1. The highest BCUT2D eigenvalue weighted by Crippen LogP contribution is 2.33. The van der Waals surface area contributed by atoms with Crippen molar-refractivity contribution in [1.29, 1.82) is 0 Å². The van der Waals surface area contributed by atoms with E-state index in [0.717, 1.165) is 29.9 Å². The number of rotatable bonds is 5. The van der Waals surface area contributed by atoms with E-state index in [9.17, 15) is 4.79 Å². The molecule has 0 radical (unpaired) electrons. The predicted molar refractivity (Wildman–Crippen MR) is 112 cm³/mol. The molecule has 1 atom stereocenters. The molecule has 0 saturated heterocycles. The first-order valence-electron chi connectivity index (χ1n) is 9.96. The number of hydrogen-bond donors (Lipinski definition) is 1. The minimum atomic E-state index is -0.0324. The van der Waals surface area contributed by atoms with Gasteiger partial charge in [-0.1, -0.05) is 37.3 Å². The summed E-state index contributed by atoms with van der Waals surface area (Å²) in [6.45, 7) is 3.30. The second-order valence-electron chi connectivity index (χ2n) is 7.39. The number of hydrogen-bond acceptors (Lipinski definition) is 5. The van der Waals surface area contributed by atoms with Gasteiger partial charge in [0.25, 0.3) is 0 Å². The Morgan fingerprint density at radius 1 is 1.14 bits per heavy atom. The van der Waals surface area contributed by atoms with Gasteiger partial charge in [0.05, 0.1) is 0 Å². The molecule has 0 bridgehead atoms. The second-order valence-corrected chi connectivity index (χ2v) is 7.39. The lowest BCUT2D eigenvalue weighted by Gasteiger charge is -2.13. The molecule has 0 unspecified atom stereocenters. The lowest BCUT2D eigenvalue weighted by molar-refractivity contribution is 0.560. The van der Waals surface area contributed by atoms with Crippen LogP contribution in [0.1, 0.15) is 18.9 Å². The van der Waals surface area contributed by atoms with Crippen LogP contribution in [0.3, 0.4) is 0 Å². The smallest absolute Gasteiger partial charge is 0.331 e. The Labute approximate surface area is 168 Å². The molecule has 1 aromatic heterocycles. The molecule has 1 N–H and O–H groups in total. The van der Waals surface area contributed by atoms with Gasteiger partial charge in [0.15, 0.2) is 11.6 Å². The fraction of sp³-hybridized carbons (Fsp3) is 0.273. The summed E-state index contributed by atoms with van der Waals surface area (Å²) in [7, 11) is 0. The summed E-state index contributed by atoms with van der Waals surface area (Å²) in [6.07, 6.45) is 5.17. The Bertz CT molecular complexity index is 1170. The first-order chi connectivity index (χ1) is 14.2. The molecule has 0 spiro atoms. The van der Waals surface area contributed by atoms with Gasteiger partial charge in [-0.05, 0) is 30.5 Å². The maximum atomic E-state index is 13.2. The number of benzene rings is 1. The Morgan fingerprint density at radius 2 is 2.00 bits per heavy atom. The minimum Gasteiger partial charge on any atom is -0.365 e. The van der Waals surface area contributed by atoms with E-state index in [-0.39, 0.29) is 11.7 Å². The molecule has 0 amide bonds. The maximum absolute atomic E-state index is 13.2. The third-order valence-electron chi connectivity index (χ3n) is 5.29. The van der Waals surface area contributed by atoms with Gasteiger partial charge in [-0.3, -0.25) is 14.1 Å². The van der Waals surface area contributed by atoms with Crippen molar-refractivity contribution in [2.75, 3.05) is 5.32 Å². The van der Waals surface area contributed by atoms with Gasteiger partial charge < -0.3 is 5.32 Å². The van der Waals surface area contributed by atoms with Crippen LogP contribution < -0.4 is 11.0 Å². The van der Waals surface area contributed by atoms with E-state index >= 15 is 0 Å². The summed E-state index contributed by atoms with van der Waals surface area (Å²) in [5.74, 6) is 2.00. The third kappa shape index (κ3) is 3.08. The fourth-order valence-electron chi connectivity index (χ4n) is 3.98. The molecule has 0 saturated carbocycles. The van der Waals surface area contributed by atoms with E-state index in [4.69, 9.17) is 9.97 Å². The Balaban J connectivity index is 1.59. The molecule has 0 fully saturated rings.